The van der Waals surface area contributed by atoms with Gasteiger partial charge in [0.15, 0.2) is 11.5 Å². The van der Waals surface area contributed by atoms with Crippen molar-refractivity contribution < 1.29 is 14.3 Å². The summed E-state index contributed by atoms with van der Waals surface area (Å²) in [5, 5.41) is 21.5. The van der Waals surface area contributed by atoms with E-state index in [2.05, 4.69) is 49.9 Å². The van der Waals surface area contributed by atoms with Gasteiger partial charge in [0, 0.05) is 15.7 Å². The van der Waals surface area contributed by atoms with Gasteiger partial charge in [-0.05, 0) is 76.7 Å². The van der Waals surface area contributed by atoms with Crippen molar-refractivity contribution in [3.63, 3.8) is 0 Å². The highest BCUT2D eigenvalue weighted by atomic mass is 127. The van der Waals surface area contributed by atoms with Crippen molar-refractivity contribution in [3.8, 4) is 23.6 Å². The van der Waals surface area contributed by atoms with Crippen LogP contribution < -0.4 is 14.8 Å². The number of nitrogens with zero attached hydrogens (tertiary/aromatic N) is 2. The summed E-state index contributed by atoms with van der Waals surface area (Å²) in [6, 6.07) is 21.9. The minimum absolute atomic E-state index is 0.0487. The first-order valence-electron chi connectivity index (χ1n) is 9.62. The third-order valence-corrected chi connectivity index (χ3v) is 5.87. The van der Waals surface area contributed by atoms with Crippen molar-refractivity contribution in [2.45, 2.75) is 6.61 Å². The van der Waals surface area contributed by atoms with Crippen molar-refractivity contribution >= 4 is 56.2 Å². The zero-order valence-electron chi connectivity index (χ0n) is 17.4. The highest BCUT2D eigenvalue weighted by Crippen LogP contribution is 2.35. The van der Waals surface area contributed by atoms with E-state index < -0.39 is 5.91 Å². The van der Waals surface area contributed by atoms with Crippen molar-refractivity contribution in [1.29, 1.82) is 10.5 Å². The van der Waals surface area contributed by atoms with Crippen LogP contribution in [0.5, 0.6) is 11.5 Å². The Kier molecular flexibility index (Phi) is 8.47. The van der Waals surface area contributed by atoms with E-state index >= 15 is 0 Å². The smallest absolute Gasteiger partial charge is 0.266 e. The molecule has 0 spiro atoms. The molecule has 8 heteroatoms. The zero-order valence-corrected chi connectivity index (χ0v) is 21.2. The van der Waals surface area contributed by atoms with Crippen LogP contribution in [0.3, 0.4) is 0 Å². The number of halogens is 2. The normalized spacial score (nSPS) is 10.6. The van der Waals surface area contributed by atoms with Gasteiger partial charge < -0.3 is 14.8 Å². The molecule has 0 bridgehead atoms. The second-order valence-electron chi connectivity index (χ2n) is 6.72. The molecule has 1 N–H and O–H groups in total. The molecule has 0 radical (unpaired) electrons. The predicted molar refractivity (Wildman–Crippen MR) is 138 cm³/mol. The van der Waals surface area contributed by atoms with Crippen molar-refractivity contribution in [2.75, 3.05) is 12.4 Å². The molecule has 0 aliphatic carbocycles. The summed E-state index contributed by atoms with van der Waals surface area (Å²) in [6.45, 7) is 0.199. The van der Waals surface area contributed by atoms with E-state index in [0.29, 0.717) is 28.3 Å². The van der Waals surface area contributed by atoms with Gasteiger partial charge in [-0.2, -0.15) is 10.5 Å². The second-order valence-corrected chi connectivity index (χ2v) is 8.80. The van der Waals surface area contributed by atoms with Gasteiger partial charge in [0.2, 0.25) is 0 Å². The van der Waals surface area contributed by atoms with Gasteiger partial charge in [-0.3, -0.25) is 4.79 Å². The Hall–Kier alpha value is -3.34. The van der Waals surface area contributed by atoms with Crippen LogP contribution in [0.4, 0.5) is 5.69 Å². The van der Waals surface area contributed by atoms with Crippen molar-refractivity contribution in [1.82, 2.24) is 0 Å². The summed E-state index contributed by atoms with van der Waals surface area (Å²) in [5.41, 5.74) is 2.45. The van der Waals surface area contributed by atoms with Crippen LogP contribution in [0.2, 0.25) is 0 Å². The molecule has 0 aromatic heterocycles. The molecule has 33 heavy (non-hydrogen) atoms. The average molecular weight is 614 g/mol. The number of hydrogen-bond donors (Lipinski definition) is 1. The number of benzene rings is 3. The lowest BCUT2D eigenvalue weighted by Crippen LogP contribution is -2.13. The number of nitriles is 2. The summed E-state index contributed by atoms with van der Waals surface area (Å²) in [4.78, 5) is 12.6. The Balaban J connectivity index is 1.83. The van der Waals surface area contributed by atoms with Gasteiger partial charge >= 0.3 is 0 Å². The lowest BCUT2D eigenvalue weighted by atomic mass is 10.1. The van der Waals surface area contributed by atoms with Gasteiger partial charge in [-0.25, -0.2) is 0 Å². The van der Waals surface area contributed by atoms with E-state index in [0.717, 1.165) is 13.6 Å². The molecule has 3 rings (SSSR count). The lowest BCUT2D eigenvalue weighted by molar-refractivity contribution is -0.112. The summed E-state index contributed by atoms with van der Waals surface area (Å²) >= 11 is 5.45. The van der Waals surface area contributed by atoms with Crippen LogP contribution in [0.15, 0.2) is 70.7 Å². The van der Waals surface area contributed by atoms with Crippen molar-refractivity contribution in [3.05, 3.63) is 91.0 Å². The first-order chi connectivity index (χ1) is 15.9. The highest BCUT2D eigenvalue weighted by molar-refractivity contribution is 14.1. The third-order valence-electron chi connectivity index (χ3n) is 4.54. The highest BCUT2D eigenvalue weighted by Gasteiger charge is 2.15. The Morgan fingerprint density at radius 2 is 1.88 bits per heavy atom. The molecule has 3 aromatic carbocycles. The number of carbonyl (C=O) groups excluding carboxylic acids is 1. The van der Waals surface area contributed by atoms with E-state index in [-0.39, 0.29) is 12.2 Å². The quantitative estimate of drug-likeness (QED) is 0.199. The Morgan fingerprint density at radius 3 is 2.55 bits per heavy atom. The number of carbonyl (C=O) groups is 1. The third kappa shape index (κ3) is 6.35. The fourth-order valence-corrected chi connectivity index (χ4v) is 3.96. The second kappa shape index (κ2) is 11.5. The summed E-state index contributed by atoms with van der Waals surface area (Å²) in [7, 11) is 1.51. The molecule has 6 nitrogen and oxygen atoms in total. The molecule has 1 amide bonds. The molecule has 164 valence electrons. The topological polar surface area (TPSA) is 95.1 Å². The van der Waals surface area contributed by atoms with Gasteiger partial charge in [0.05, 0.1) is 22.3 Å². The number of methoxy groups -OCH3 is 1. The molecule has 0 saturated carbocycles. The van der Waals surface area contributed by atoms with Gasteiger partial charge in [0.25, 0.3) is 5.91 Å². The standard InChI is InChI=1S/C25H17BrIN3O3/c1-32-23-12-16(10-19(14-29)25(31)30-21-8-6-20(26)7-9-21)11-22(27)24(23)33-15-18-5-3-2-4-17(18)13-28/h2-12H,15H2,1H3,(H,30,31)/b19-10-. The van der Waals surface area contributed by atoms with Crippen LogP contribution in [0.25, 0.3) is 6.08 Å². The van der Waals surface area contributed by atoms with Crippen LogP contribution in [-0.4, -0.2) is 13.0 Å². The number of hydrogen-bond acceptors (Lipinski definition) is 5. The van der Waals surface area contributed by atoms with E-state index in [9.17, 15) is 15.3 Å². The number of amides is 1. The number of nitrogens with one attached hydrogen (secondary N) is 1. The maximum absolute atomic E-state index is 12.6. The van der Waals surface area contributed by atoms with E-state index in [1.165, 1.54) is 13.2 Å². The van der Waals surface area contributed by atoms with Gasteiger partial charge in [-0.15, -0.1) is 0 Å². The zero-order chi connectivity index (χ0) is 23.8. The summed E-state index contributed by atoms with van der Waals surface area (Å²) in [6.07, 6.45) is 1.49. The van der Waals surface area contributed by atoms with Crippen LogP contribution >= 0.6 is 38.5 Å². The van der Waals surface area contributed by atoms with E-state index in [1.807, 2.05) is 18.2 Å². The van der Waals surface area contributed by atoms with E-state index in [1.54, 1.807) is 48.5 Å². The fourth-order valence-electron chi connectivity index (χ4n) is 2.92. The molecular formula is C25H17BrIN3O3. The van der Waals surface area contributed by atoms with Gasteiger partial charge in [0.1, 0.15) is 18.2 Å². The van der Waals surface area contributed by atoms with Crippen LogP contribution in [0, 0.1) is 26.2 Å². The van der Waals surface area contributed by atoms with E-state index in [4.69, 9.17) is 9.47 Å². The maximum atomic E-state index is 12.6. The molecule has 0 unspecified atom stereocenters. The largest absolute Gasteiger partial charge is 0.493 e. The first-order valence-corrected chi connectivity index (χ1v) is 11.5. The molecule has 0 heterocycles. The number of rotatable bonds is 7. The number of anilines is 1. The predicted octanol–water partition coefficient (Wildman–Crippen LogP) is 6.06. The van der Waals surface area contributed by atoms with Crippen molar-refractivity contribution in [2.24, 2.45) is 0 Å². The minimum Gasteiger partial charge on any atom is -0.493 e. The Bertz CT molecular complexity index is 1290. The van der Waals surface area contributed by atoms with Crippen LogP contribution in [0.1, 0.15) is 16.7 Å². The maximum Gasteiger partial charge on any atom is 0.266 e. The fraction of sp³-hybridized carbons (Fsp3) is 0.0800. The molecular weight excluding hydrogens is 597 g/mol. The lowest BCUT2D eigenvalue weighted by Gasteiger charge is -2.14. The Labute approximate surface area is 213 Å². The Morgan fingerprint density at radius 1 is 1.15 bits per heavy atom. The minimum atomic E-state index is -0.512. The molecule has 0 saturated heterocycles. The average Bonchev–Trinajstić information content (AvgIpc) is 2.83. The number of ether oxygens (including phenoxy) is 2. The first kappa shape index (κ1) is 24.3. The summed E-state index contributed by atoms with van der Waals surface area (Å²) in [5.74, 6) is 0.455. The van der Waals surface area contributed by atoms with Gasteiger partial charge in [-0.1, -0.05) is 34.1 Å². The monoisotopic (exact) mass is 613 g/mol. The molecule has 0 aliphatic rings. The SMILES string of the molecule is COc1cc(/C=C(/C#N)C(=O)Nc2ccc(Br)cc2)cc(I)c1OCc1ccccc1C#N. The molecule has 3 aromatic rings. The molecule has 0 atom stereocenters. The molecule has 0 fully saturated rings. The summed E-state index contributed by atoms with van der Waals surface area (Å²) < 4.78 is 13.1. The molecule has 0 aliphatic heterocycles. The van der Waals surface area contributed by atoms with Crippen LogP contribution in [-0.2, 0) is 11.4 Å².